The third kappa shape index (κ3) is 3.95. The molecular formula is C20H24N2O2. The van der Waals surface area contributed by atoms with E-state index < -0.39 is 0 Å². The van der Waals surface area contributed by atoms with E-state index in [-0.39, 0.29) is 11.3 Å². The monoisotopic (exact) mass is 324 g/mol. The van der Waals surface area contributed by atoms with Crippen molar-refractivity contribution in [1.82, 2.24) is 10.6 Å². The van der Waals surface area contributed by atoms with Crippen molar-refractivity contribution >= 4 is 5.91 Å². The first-order valence-corrected chi connectivity index (χ1v) is 8.41. The minimum absolute atomic E-state index is 0.102. The average molecular weight is 324 g/mol. The van der Waals surface area contributed by atoms with E-state index in [1.54, 1.807) is 0 Å². The molecule has 4 nitrogen and oxygen atoms in total. The summed E-state index contributed by atoms with van der Waals surface area (Å²) < 4.78 is 5.94. The summed E-state index contributed by atoms with van der Waals surface area (Å²) in [4.78, 5) is 12.4. The summed E-state index contributed by atoms with van der Waals surface area (Å²) in [7, 11) is 0. The molecule has 0 bridgehead atoms. The summed E-state index contributed by atoms with van der Waals surface area (Å²) in [6, 6.07) is 17.9. The van der Waals surface area contributed by atoms with Crippen LogP contribution in [0.4, 0.5) is 0 Å². The Hall–Kier alpha value is -2.33. The fourth-order valence-electron chi connectivity index (χ4n) is 2.93. The zero-order chi connectivity index (χ0) is 16.8. The summed E-state index contributed by atoms with van der Waals surface area (Å²) in [5.74, 6) is 0.918. The molecule has 24 heavy (non-hydrogen) atoms. The molecule has 0 spiro atoms. The van der Waals surface area contributed by atoms with Crippen LogP contribution in [0.5, 0.6) is 5.75 Å². The van der Waals surface area contributed by atoms with E-state index in [1.807, 2.05) is 61.5 Å². The van der Waals surface area contributed by atoms with E-state index in [0.717, 1.165) is 36.4 Å². The largest absolute Gasteiger partial charge is 0.489 e. The average Bonchev–Trinajstić information content (AvgIpc) is 3.07. The van der Waals surface area contributed by atoms with Crippen molar-refractivity contribution in [2.24, 2.45) is 5.41 Å². The maximum atomic E-state index is 12.4. The molecule has 1 aliphatic heterocycles. The quantitative estimate of drug-likeness (QED) is 0.859. The van der Waals surface area contributed by atoms with Crippen LogP contribution in [0.15, 0.2) is 54.6 Å². The molecule has 1 aliphatic rings. The standard InChI is InChI=1S/C20H24N2O2/c1-20(11-12-21-15-20)19(23)22-13-17-9-5-6-10-18(17)24-14-16-7-3-2-4-8-16/h2-10,21H,11-15H2,1H3,(H,22,23). The summed E-state index contributed by atoms with van der Waals surface area (Å²) in [6.07, 6.45) is 0.880. The summed E-state index contributed by atoms with van der Waals surface area (Å²) >= 11 is 0. The number of para-hydroxylation sites is 1. The highest BCUT2D eigenvalue weighted by atomic mass is 16.5. The Morgan fingerprint density at radius 1 is 1.17 bits per heavy atom. The zero-order valence-corrected chi connectivity index (χ0v) is 14.0. The van der Waals surface area contributed by atoms with Crippen LogP contribution in [0.25, 0.3) is 0 Å². The molecule has 0 saturated carbocycles. The lowest BCUT2D eigenvalue weighted by Crippen LogP contribution is -2.40. The first-order valence-electron chi connectivity index (χ1n) is 8.41. The second-order valence-electron chi connectivity index (χ2n) is 6.55. The smallest absolute Gasteiger partial charge is 0.227 e. The Labute approximate surface area is 143 Å². The second kappa shape index (κ2) is 7.49. The van der Waals surface area contributed by atoms with Crippen LogP contribution < -0.4 is 15.4 Å². The predicted molar refractivity (Wildman–Crippen MR) is 94.7 cm³/mol. The molecule has 1 amide bonds. The van der Waals surface area contributed by atoms with Crippen LogP contribution in [0.2, 0.25) is 0 Å². The van der Waals surface area contributed by atoms with Gasteiger partial charge in [-0.25, -0.2) is 0 Å². The topological polar surface area (TPSA) is 50.4 Å². The lowest BCUT2D eigenvalue weighted by atomic mass is 9.89. The highest BCUT2D eigenvalue weighted by molar-refractivity contribution is 5.82. The fourth-order valence-corrected chi connectivity index (χ4v) is 2.93. The van der Waals surface area contributed by atoms with Gasteiger partial charge in [0.1, 0.15) is 12.4 Å². The van der Waals surface area contributed by atoms with Crippen molar-refractivity contribution in [3.05, 3.63) is 65.7 Å². The van der Waals surface area contributed by atoms with Gasteiger partial charge in [0, 0.05) is 18.7 Å². The van der Waals surface area contributed by atoms with Gasteiger partial charge in [-0.3, -0.25) is 4.79 Å². The highest BCUT2D eigenvalue weighted by Gasteiger charge is 2.35. The molecule has 2 aromatic carbocycles. The first kappa shape index (κ1) is 16.5. The predicted octanol–water partition coefficient (Wildman–Crippen LogP) is 2.88. The van der Waals surface area contributed by atoms with Gasteiger partial charge in [0.15, 0.2) is 0 Å². The van der Waals surface area contributed by atoms with Gasteiger partial charge < -0.3 is 15.4 Å². The van der Waals surface area contributed by atoms with E-state index in [9.17, 15) is 4.79 Å². The number of amides is 1. The number of carbonyl (C=O) groups is 1. The van der Waals surface area contributed by atoms with Gasteiger partial charge in [-0.15, -0.1) is 0 Å². The van der Waals surface area contributed by atoms with Crippen molar-refractivity contribution in [3.8, 4) is 5.75 Å². The highest BCUT2D eigenvalue weighted by Crippen LogP contribution is 2.25. The molecule has 1 unspecified atom stereocenters. The van der Waals surface area contributed by atoms with Gasteiger partial charge in [0.25, 0.3) is 0 Å². The number of benzene rings is 2. The Morgan fingerprint density at radius 2 is 1.92 bits per heavy atom. The number of ether oxygens (including phenoxy) is 1. The van der Waals surface area contributed by atoms with E-state index in [1.165, 1.54) is 0 Å². The van der Waals surface area contributed by atoms with Crippen molar-refractivity contribution in [2.75, 3.05) is 13.1 Å². The van der Waals surface area contributed by atoms with E-state index in [2.05, 4.69) is 10.6 Å². The van der Waals surface area contributed by atoms with E-state index in [0.29, 0.717) is 13.2 Å². The molecule has 1 heterocycles. The SMILES string of the molecule is CC1(C(=O)NCc2ccccc2OCc2ccccc2)CCNC1. The third-order valence-corrected chi connectivity index (χ3v) is 4.57. The maximum Gasteiger partial charge on any atom is 0.227 e. The van der Waals surface area contributed by atoms with Crippen molar-refractivity contribution in [2.45, 2.75) is 26.5 Å². The number of nitrogens with one attached hydrogen (secondary N) is 2. The molecule has 0 aliphatic carbocycles. The lowest BCUT2D eigenvalue weighted by molar-refractivity contribution is -0.129. The number of hydrogen-bond acceptors (Lipinski definition) is 3. The summed E-state index contributed by atoms with van der Waals surface area (Å²) in [6.45, 7) is 4.67. The first-order chi connectivity index (χ1) is 11.7. The molecule has 1 atom stereocenters. The molecule has 1 fully saturated rings. The van der Waals surface area contributed by atoms with Gasteiger partial charge >= 0.3 is 0 Å². The maximum absolute atomic E-state index is 12.4. The lowest BCUT2D eigenvalue weighted by Gasteiger charge is -2.22. The molecule has 1 saturated heterocycles. The van der Waals surface area contributed by atoms with Crippen molar-refractivity contribution in [1.29, 1.82) is 0 Å². The molecule has 2 aromatic rings. The Balaban J connectivity index is 1.60. The minimum Gasteiger partial charge on any atom is -0.489 e. The molecule has 3 rings (SSSR count). The van der Waals surface area contributed by atoms with Crippen LogP contribution in [-0.2, 0) is 17.9 Å². The van der Waals surface area contributed by atoms with Gasteiger partial charge in [0.05, 0.1) is 5.41 Å². The van der Waals surface area contributed by atoms with Crippen molar-refractivity contribution < 1.29 is 9.53 Å². The molecule has 126 valence electrons. The molecule has 2 N–H and O–H groups in total. The Kier molecular flexibility index (Phi) is 5.16. The van der Waals surface area contributed by atoms with E-state index in [4.69, 9.17) is 4.74 Å². The molecule has 4 heteroatoms. The van der Waals surface area contributed by atoms with Gasteiger partial charge in [-0.2, -0.15) is 0 Å². The Bertz CT molecular complexity index is 679. The second-order valence-corrected chi connectivity index (χ2v) is 6.55. The van der Waals surface area contributed by atoms with Gasteiger partial charge in [-0.1, -0.05) is 48.5 Å². The number of hydrogen-bond donors (Lipinski definition) is 2. The number of rotatable bonds is 6. The Morgan fingerprint density at radius 3 is 2.67 bits per heavy atom. The fraction of sp³-hybridized carbons (Fsp3) is 0.350. The minimum atomic E-state index is -0.306. The van der Waals surface area contributed by atoms with Gasteiger partial charge in [0.2, 0.25) is 5.91 Å². The van der Waals surface area contributed by atoms with Crippen LogP contribution in [0, 0.1) is 5.41 Å². The molecule has 0 aromatic heterocycles. The van der Waals surface area contributed by atoms with E-state index >= 15 is 0 Å². The van der Waals surface area contributed by atoms with Gasteiger partial charge in [-0.05, 0) is 31.5 Å². The third-order valence-electron chi connectivity index (χ3n) is 4.57. The zero-order valence-electron chi connectivity index (χ0n) is 14.0. The summed E-state index contributed by atoms with van der Waals surface area (Å²) in [5.41, 5.74) is 1.82. The van der Waals surface area contributed by atoms with Crippen LogP contribution >= 0.6 is 0 Å². The molecule has 0 radical (unpaired) electrons. The number of carbonyl (C=O) groups excluding carboxylic acids is 1. The summed E-state index contributed by atoms with van der Waals surface area (Å²) in [5, 5.41) is 6.32. The van der Waals surface area contributed by atoms with Crippen LogP contribution in [0.1, 0.15) is 24.5 Å². The van der Waals surface area contributed by atoms with Crippen molar-refractivity contribution in [3.63, 3.8) is 0 Å². The van der Waals surface area contributed by atoms with Crippen LogP contribution in [-0.4, -0.2) is 19.0 Å². The van der Waals surface area contributed by atoms with Crippen LogP contribution in [0.3, 0.4) is 0 Å². The normalized spacial score (nSPS) is 19.9. The molecular weight excluding hydrogens is 300 g/mol.